The van der Waals surface area contributed by atoms with Crippen molar-refractivity contribution in [3.63, 3.8) is 0 Å². The molecule has 4 aliphatic rings. The predicted molar refractivity (Wildman–Crippen MR) is 186 cm³/mol. The highest BCUT2D eigenvalue weighted by Crippen LogP contribution is 2.29. The third kappa shape index (κ3) is 7.98. The number of piperidine rings is 2. The van der Waals surface area contributed by atoms with Gasteiger partial charge in [-0.1, -0.05) is 41.9 Å². The number of amides is 4. The maximum absolute atomic E-state index is 14.1. The lowest BCUT2D eigenvalue weighted by Crippen LogP contribution is -2.55. The van der Waals surface area contributed by atoms with Crippen LogP contribution in [-0.2, 0) is 32.6 Å². The first kappa shape index (κ1) is 34.7. The Bertz CT molecular complexity index is 1610. The normalized spacial score (nSPS) is 21.1. The number of hydrogen-bond donors (Lipinski definition) is 1. The standard InChI is InChI=1S/C35H47ClN6O5S/c1-25-21-26(7-8-31(25)36)22-28(34(44)40-15-9-29(10-16-40)38-17-19-41(20-18-38)48(2,46)47)23-33(43)39-13-11-30(12-14-39)42-24-27-5-3-4-6-32(27)37-35(42)45/h3-8,21,28-30H,9-20,22-24H2,1-2H3,(H,37,45). The molecule has 1 unspecified atom stereocenters. The number of nitrogens with zero attached hydrogens (tertiary/aromatic N) is 5. The number of halogens is 1. The van der Waals surface area contributed by atoms with Gasteiger partial charge >= 0.3 is 6.03 Å². The van der Waals surface area contributed by atoms with Crippen LogP contribution in [0.4, 0.5) is 10.5 Å². The zero-order valence-corrected chi connectivity index (χ0v) is 29.5. The number of sulfonamides is 1. The molecule has 4 aliphatic heterocycles. The van der Waals surface area contributed by atoms with Crippen LogP contribution in [0.2, 0.25) is 5.02 Å². The molecular weight excluding hydrogens is 652 g/mol. The molecule has 4 amide bonds. The summed E-state index contributed by atoms with van der Waals surface area (Å²) in [6.07, 6.45) is 4.90. The molecular formula is C35H47ClN6O5S. The maximum Gasteiger partial charge on any atom is 0.322 e. The lowest BCUT2D eigenvalue weighted by atomic mass is 9.91. The molecule has 2 aromatic rings. The number of fused-ring (bicyclic) bond motifs is 1. The zero-order valence-electron chi connectivity index (χ0n) is 27.9. The van der Waals surface area contributed by atoms with Crippen molar-refractivity contribution < 1.29 is 22.8 Å². The minimum atomic E-state index is -3.18. The Morgan fingerprint density at radius 3 is 2.21 bits per heavy atom. The fourth-order valence-electron chi connectivity index (χ4n) is 7.76. The van der Waals surface area contributed by atoms with Gasteiger partial charge in [-0.05, 0) is 67.9 Å². The minimum absolute atomic E-state index is 0.00911. The number of para-hydroxylation sites is 1. The van der Waals surface area contributed by atoms with Crippen molar-refractivity contribution in [1.29, 1.82) is 0 Å². The molecule has 1 atom stereocenters. The number of carbonyl (C=O) groups is 3. The summed E-state index contributed by atoms with van der Waals surface area (Å²) in [5.41, 5.74) is 3.87. The van der Waals surface area contributed by atoms with Gasteiger partial charge in [-0.2, -0.15) is 4.31 Å². The van der Waals surface area contributed by atoms with Crippen LogP contribution in [0.1, 0.15) is 48.8 Å². The second-order valence-electron chi connectivity index (χ2n) is 13.8. The predicted octanol–water partition coefficient (Wildman–Crippen LogP) is 3.80. The molecule has 11 nitrogen and oxygen atoms in total. The number of likely N-dealkylation sites (tertiary alicyclic amines) is 2. The molecule has 4 heterocycles. The Labute approximate surface area is 289 Å². The third-order valence-corrected chi connectivity index (χ3v) is 12.4. The number of nitrogens with one attached hydrogen (secondary N) is 1. The first-order chi connectivity index (χ1) is 23.0. The Kier molecular flexibility index (Phi) is 10.6. The highest BCUT2D eigenvalue weighted by Gasteiger charge is 2.36. The number of carbonyl (C=O) groups excluding carboxylic acids is 3. The summed E-state index contributed by atoms with van der Waals surface area (Å²) in [4.78, 5) is 48.8. The van der Waals surface area contributed by atoms with Crippen LogP contribution < -0.4 is 5.32 Å². The summed E-state index contributed by atoms with van der Waals surface area (Å²) >= 11 is 6.30. The molecule has 3 saturated heterocycles. The largest absolute Gasteiger partial charge is 0.343 e. The summed E-state index contributed by atoms with van der Waals surface area (Å²) in [6, 6.07) is 13.9. The van der Waals surface area contributed by atoms with Gasteiger partial charge in [-0.25, -0.2) is 13.2 Å². The number of hydrogen-bond acceptors (Lipinski definition) is 6. The van der Waals surface area contributed by atoms with Gasteiger partial charge in [0.25, 0.3) is 0 Å². The first-order valence-electron chi connectivity index (χ1n) is 17.1. The SMILES string of the molecule is Cc1cc(CC(CC(=O)N2CCC(N3Cc4ccccc4NC3=O)CC2)C(=O)N2CCC(N3CCN(S(C)(=O)=O)CC3)CC2)ccc1Cl. The zero-order chi connectivity index (χ0) is 34.0. The summed E-state index contributed by atoms with van der Waals surface area (Å²) in [6.45, 7) is 7.24. The molecule has 0 aromatic heterocycles. The molecule has 13 heteroatoms. The highest BCUT2D eigenvalue weighted by molar-refractivity contribution is 7.88. The van der Waals surface area contributed by atoms with Crippen LogP contribution >= 0.6 is 11.6 Å². The summed E-state index contributed by atoms with van der Waals surface area (Å²) in [7, 11) is -3.18. The number of aryl methyl sites for hydroxylation is 1. The molecule has 48 heavy (non-hydrogen) atoms. The highest BCUT2D eigenvalue weighted by atomic mass is 35.5. The smallest absolute Gasteiger partial charge is 0.322 e. The number of anilines is 1. The third-order valence-electron chi connectivity index (χ3n) is 10.6. The molecule has 0 saturated carbocycles. The molecule has 2 aromatic carbocycles. The van der Waals surface area contributed by atoms with E-state index in [0.717, 1.165) is 35.2 Å². The van der Waals surface area contributed by atoms with E-state index in [2.05, 4.69) is 10.2 Å². The molecule has 0 spiro atoms. The van der Waals surface area contributed by atoms with E-state index in [4.69, 9.17) is 11.6 Å². The topological polar surface area (TPSA) is 114 Å². The number of rotatable bonds is 8. The molecule has 3 fully saturated rings. The number of urea groups is 1. The van der Waals surface area contributed by atoms with E-state index in [-0.39, 0.29) is 30.3 Å². The van der Waals surface area contributed by atoms with Gasteiger partial charge in [0, 0.05) is 88.1 Å². The van der Waals surface area contributed by atoms with Crippen LogP contribution in [0.5, 0.6) is 0 Å². The van der Waals surface area contributed by atoms with Gasteiger partial charge < -0.3 is 20.0 Å². The quantitative estimate of drug-likeness (QED) is 0.449. The van der Waals surface area contributed by atoms with Crippen molar-refractivity contribution in [3.05, 3.63) is 64.2 Å². The second kappa shape index (κ2) is 14.7. The second-order valence-corrected chi connectivity index (χ2v) is 16.2. The lowest BCUT2D eigenvalue weighted by molar-refractivity contribution is -0.143. The molecule has 6 rings (SSSR count). The Morgan fingerprint density at radius 1 is 0.896 bits per heavy atom. The van der Waals surface area contributed by atoms with Gasteiger partial charge in [0.2, 0.25) is 21.8 Å². The molecule has 0 bridgehead atoms. The van der Waals surface area contributed by atoms with Gasteiger partial charge in [-0.3, -0.25) is 14.5 Å². The monoisotopic (exact) mass is 698 g/mol. The van der Waals surface area contributed by atoms with E-state index in [1.807, 2.05) is 64.1 Å². The maximum atomic E-state index is 14.1. The van der Waals surface area contributed by atoms with Crippen LogP contribution in [0, 0.1) is 12.8 Å². The Morgan fingerprint density at radius 2 is 1.54 bits per heavy atom. The van der Waals surface area contributed by atoms with Crippen molar-refractivity contribution in [2.24, 2.45) is 5.92 Å². The fraction of sp³-hybridized carbons (Fsp3) is 0.571. The summed E-state index contributed by atoms with van der Waals surface area (Å²) in [5, 5.41) is 3.67. The van der Waals surface area contributed by atoms with Crippen molar-refractivity contribution in [2.45, 2.75) is 64.1 Å². The number of benzene rings is 2. The molecule has 0 aliphatic carbocycles. The average Bonchev–Trinajstić information content (AvgIpc) is 3.09. The van der Waals surface area contributed by atoms with Gasteiger partial charge in [0.1, 0.15) is 0 Å². The first-order valence-corrected chi connectivity index (χ1v) is 19.3. The van der Waals surface area contributed by atoms with Gasteiger partial charge in [-0.15, -0.1) is 0 Å². The summed E-state index contributed by atoms with van der Waals surface area (Å²) < 4.78 is 25.4. The lowest BCUT2D eigenvalue weighted by Gasteiger charge is -2.43. The van der Waals surface area contributed by atoms with Gasteiger partial charge in [0.15, 0.2) is 0 Å². The van der Waals surface area contributed by atoms with Crippen molar-refractivity contribution in [3.8, 4) is 0 Å². The Balaban J connectivity index is 1.06. The van der Waals surface area contributed by atoms with E-state index in [0.29, 0.717) is 89.2 Å². The van der Waals surface area contributed by atoms with Crippen LogP contribution in [0.3, 0.4) is 0 Å². The van der Waals surface area contributed by atoms with E-state index in [1.165, 1.54) is 10.6 Å². The van der Waals surface area contributed by atoms with Crippen molar-refractivity contribution in [2.75, 3.05) is 63.9 Å². The minimum Gasteiger partial charge on any atom is -0.343 e. The molecule has 1 N–H and O–H groups in total. The van der Waals surface area contributed by atoms with Crippen LogP contribution in [0.15, 0.2) is 42.5 Å². The van der Waals surface area contributed by atoms with Gasteiger partial charge in [0.05, 0.1) is 12.2 Å². The van der Waals surface area contributed by atoms with Crippen LogP contribution in [-0.4, -0.2) is 121 Å². The van der Waals surface area contributed by atoms with Crippen LogP contribution in [0.25, 0.3) is 0 Å². The summed E-state index contributed by atoms with van der Waals surface area (Å²) in [5.74, 6) is -0.505. The van der Waals surface area contributed by atoms with E-state index < -0.39 is 15.9 Å². The van der Waals surface area contributed by atoms with Crippen molar-refractivity contribution >= 4 is 45.2 Å². The molecule has 0 radical (unpaired) electrons. The number of piperazine rings is 1. The van der Waals surface area contributed by atoms with Crippen molar-refractivity contribution in [1.82, 2.24) is 23.9 Å². The molecule has 260 valence electrons. The Hall–Kier alpha value is -3.19. The van der Waals surface area contributed by atoms with E-state index in [1.54, 1.807) is 0 Å². The van der Waals surface area contributed by atoms with E-state index in [9.17, 15) is 22.8 Å². The average molecular weight is 699 g/mol. The fourth-order valence-corrected chi connectivity index (χ4v) is 8.70. The van der Waals surface area contributed by atoms with E-state index >= 15 is 0 Å².